The second kappa shape index (κ2) is 4.72. The number of carbonyl (C=O) groups is 1. The van der Waals surface area contributed by atoms with E-state index in [1.807, 2.05) is 23.1 Å². The fraction of sp³-hybridized carbons (Fsp3) is 0.438. The number of nitrogens with one attached hydrogen (secondary N) is 1. The van der Waals surface area contributed by atoms with Gasteiger partial charge in [0.2, 0.25) is 0 Å². The molecule has 0 aliphatic carbocycles. The number of fused-ring (bicyclic) bond motifs is 1. The molecule has 1 aliphatic rings. The number of aromatic nitrogens is 1. The Balaban J connectivity index is 1.87. The largest absolute Gasteiger partial charge is 0.351 e. The molecule has 1 aromatic heterocycles. The maximum Gasteiger partial charge on any atom is 0.270 e. The lowest BCUT2D eigenvalue weighted by Gasteiger charge is -2.29. The van der Waals surface area contributed by atoms with E-state index in [0.29, 0.717) is 0 Å². The molecule has 3 heteroatoms. The summed E-state index contributed by atoms with van der Waals surface area (Å²) in [5.74, 6) is 0.886. The molecule has 2 heterocycles. The van der Waals surface area contributed by atoms with Gasteiger partial charge in [-0.05, 0) is 43.4 Å². The van der Waals surface area contributed by atoms with Crippen LogP contribution in [0.1, 0.15) is 35.8 Å². The fourth-order valence-electron chi connectivity index (χ4n) is 2.80. The minimum Gasteiger partial charge on any atom is -0.351 e. The summed E-state index contributed by atoms with van der Waals surface area (Å²) in [6.45, 7) is 6.10. The van der Waals surface area contributed by atoms with Crippen LogP contribution in [0.5, 0.6) is 0 Å². The zero-order valence-electron chi connectivity index (χ0n) is 11.6. The van der Waals surface area contributed by atoms with Gasteiger partial charge < -0.3 is 9.88 Å². The molecule has 100 valence electrons. The quantitative estimate of drug-likeness (QED) is 0.834. The third kappa shape index (κ3) is 2.25. The van der Waals surface area contributed by atoms with Crippen LogP contribution >= 0.6 is 0 Å². The van der Waals surface area contributed by atoms with Crippen molar-refractivity contribution < 1.29 is 4.79 Å². The third-order valence-corrected chi connectivity index (χ3v) is 4.18. The van der Waals surface area contributed by atoms with Crippen molar-refractivity contribution in [1.82, 2.24) is 9.88 Å². The molecule has 1 N–H and O–H groups in total. The van der Waals surface area contributed by atoms with Crippen LogP contribution in [-0.4, -0.2) is 28.9 Å². The van der Waals surface area contributed by atoms with E-state index in [-0.39, 0.29) is 5.91 Å². The molecule has 0 unspecified atom stereocenters. The van der Waals surface area contributed by atoms with Crippen LogP contribution < -0.4 is 0 Å². The molecule has 19 heavy (non-hydrogen) atoms. The van der Waals surface area contributed by atoms with E-state index in [9.17, 15) is 4.79 Å². The molecule has 1 aromatic carbocycles. The number of hydrogen-bond donors (Lipinski definition) is 1. The number of H-pyrrole nitrogens is 1. The van der Waals surface area contributed by atoms with E-state index in [1.54, 1.807) is 0 Å². The molecule has 0 radical (unpaired) electrons. The monoisotopic (exact) mass is 256 g/mol. The van der Waals surface area contributed by atoms with Gasteiger partial charge in [-0.2, -0.15) is 0 Å². The van der Waals surface area contributed by atoms with Gasteiger partial charge in [-0.25, -0.2) is 0 Å². The van der Waals surface area contributed by atoms with Crippen LogP contribution in [0.15, 0.2) is 24.3 Å². The highest BCUT2D eigenvalue weighted by molar-refractivity contribution is 5.98. The molecule has 3 nitrogen and oxygen atoms in total. The lowest BCUT2D eigenvalue weighted by molar-refractivity contribution is 0.0692. The van der Waals surface area contributed by atoms with Crippen molar-refractivity contribution in [3.8, 4) is 0 Å². The highest BCUT2D eigenvalue weighted by Crippen LogP contribution is 2.22. The minimum absolute atomic E-state index is 0.141. The predicted molar refractivity (Wildman–Crippen MR) is 77.3 cm³/mol. The lowest BCUT2D eigenvalue weighted by Crippen LogP contribution is -2.38. The lowest BCUT2D eigenvalue weighted by atomic mass is 9.99. The summed E-state index contributed by atoms with van der Waals surface area (Å²) in [7, 11) is 0. The maximum atomic E-state index is 12.5. The van der Waals surface area contributed by atoms with Crippen molar-refractivity contribution in [2.45, 2.75) is 26.7 Å². The number of hydrogen-bond acceptors (Lipinski definition) is 1. The molecule has 0 saturated carbocycles. The molecule has 1 amide bonds. The second-order valence-corrected chi connectivity index (χ2v) is 5.69. The Kier molecular flexibility index (Phi) is 3.05. The first-order chi connectivity index (χ1) is 9.15. The van der Waals surface area contributed by atoms with E-state index in [4.69, 9.17) is 0 Å². The van der Waals surface area contributed by atoms with Gasteiger partial charge in [-0.15, -0.1) is 0 Å². The predicted octanol–water partition coefficient (Wildman–Crippen LogP) is 3.35. The van der Waals surface area contributed by atoms with Gasteiger partial charge >= 0.3 is 0 Å². The molecule has 3 rings (SSSR count). The van der Waals surface area contributed by atoms with Gasteiger partial charge in [0, 0.05) is 24.0 Å². The first kappa shape index (κ1) is 12.3. The van der Waals surface area contributed by atoms with Gasteiger partial charge in [-0.1, -0.05) is 19.1 Å². The van der Waals surface area contributed by atoms with E-state index < -0.39 is 0 Å². The smallest absolute Gasteiger partial charge is 0.270 e. The number of amides is 1. The average molecular weight is 256 g/mol. The van der Waals surface area contributed by atoms with Crippen molar-refractivity contribution in [3.63, 3.8) is 0 Å². The molecular weight excluding hydrogens is 236 g/mol. The van der Waals surface area contributed by atoms with Gasteiger partial charge in [0.05, 0.1) is 0 Å². The molecule has 2 aromatic rings. The summed E-state index contributed by atoms with van der Waals surface area (Å²) in [4.78, 5) is 17.7. The maximum absolute atomic E-state index is 12.5. The topological polar surface area (TPSA) is 36.1 Å². The summed E-state index contributed by atoms with van der Waals surface area (Å²) in [6, 6.07) is 8.11. The van der Waals surface area contributed by atoms with E-state index in [1.165, 1.54) is 5.56 Å². The van der Waals surface area contributed by atoms with Crippen LogP contribution in [0, 0.1) is 12.8 Å². The standard InChI is InChI=1S/C16H20N2O/c1-11-6-8-18(9-7-11)16(19)15-10-13-12(2)4-3-5-14(13)17-15/h3-5,10-11,17H,6-9H2,1-2H3. The van der Waals surface area contributed by atoms with Crippen LogP contribution in [-0.2, 0) is 0 Å². The second-order valence-electron chi connectivity index (χ2n) is 5.69. The fourth-order valence-corrected chi connectivity index (χ4v) is 2.80. The number of carbonyl (C=O) groups excluding carboxylic acids is 1. The van der Waals surface area contributed by atoms with Crippen molar-refractivity contribution >= 4 is 16.8 Å². The Labute approximate surface area is 113 Å². The number of aryl methyl sites for hydroxylation is 1. The van der Waals surface area contributed by atoms with Crippen molar-refractivity contribution in [2.75, 3.05) is 13.1 Å². The molecular formula is C16H20N2O. The van der Waals surface area contributed by atoms with Gasteiger partial charge in [0.15, 0.2) is 0 Å². The van der Waals surface area contributed by atoms with Crippen LogP contribution in [0.25, 0.3) is 10.9 Å². The number of rotatable bonds is 1. The van der Waals surface area contributed by atoms with Crippen LogP contribution in [0.4, 0.5) is 0 Å². The Morgan fingerprint density at radius 1 is 1.32 bits per heavy atom. The highest BCUT2D eigenvalue weighted by Gasteiger charge is 2.22. The molecule has 0 bridgehead atoms. The minimum atomic E-state index is 0.141. The highest BCUT2D eigenvalue weighted by atomic mass is 16.2. The van der Waals surface area contributed by atoms with E-state index >= 15 is 0 Å². The number of likely N-dealkylation sites (tertiary alicyclic amines) is 1. The van der Waals surface area contributed by atoms with Gasteiger partial charge in [0.1, 0.15) is 5.69 Å². The number of piperidine rings is 1. The normalized spacial score (nSPS) is 17.1. The summed E-state index contributed by atoms with van der Waals surface area (Å²) in [5.41, 5.74) is 2.98. The zero-order valence-corrected chi connectivity index (χ0v) is 11.6. The van der Waals surface area contributed by atoms with Crippen molar-refractivity contribution in [3.05, 3.63) is 35.5 Å². The Bertz CT molecular complexity index is 606. The summed E-state index contributed by atoms with van der Waals surface area (Å²) in [6.07, 6.45) is 2.23. The van der Waals surface area contributed by atoms with E-state index in [0.717, 1.165) is 48.4 Å². The number of nitrogens with zero attached hydrogens (tertiary/aromatic N) is 1. The number of benzene rings is 1. The van der Waals surface area contributed by atoms with Gasteiger partial charge in [0.25, 0.3) is 5.91 Å². The summed E-state index contributed by atoms with van der Waals surface area (Å²) in [5, 5.41) is 1.15. The molecule has 0 atom stereocenters. The molecule has 1 saturated heterocycles. The number of aromatic amines is 1. The zero-order chi connectivity index (χ0) is 13.4. The first-order valence-corrected chi connectivity index (χ1v) is 7.03. The van der Waals surface area contributed by atoms with Crippen LogP contribution in [0.2, 0.25) is 0 Å². The van der Waals surface area contributed by atoms with Crippen LogP contribution in [0.3, 0.4) is 0 Å². The van der Waals surface area contributed by atoms with Crippen molar-refractivity contribution in [2.24, 2.45) is 5.92 Å². The average Bonchev–Trinajstić information content (AvgIpc) is 2.84. The molecule has 1 fully saturated rings. The van der Waals surface area contributed by atoms with Gasteiger partial charge in [-0.3, -0.25) is 4.79 Å². The SMILES string of the molecule is Cc1cccc2[nH]c(C(=O)N3CCC(C)CC3)cc12. The Hall–Kier alpha value is -1.77. The summed E-state index contributed by atoms with van der Waals surface area (Å²) < 4.78 is 0. The molecule has 1 aliphatic heterocycles. The van der Waals surface area contributed by atoms with Crippen molar-refractivity contribution in [1.29, 1.82) is 0 Å². The first-order valence-electron chi connectivity index (χ1n) is 7.03. The summed E-state index contributed by atoms with van der Waals surface area (Å²) >= 11 is 0. The molecule has 0 spiro atoms. The van der Waals surface area contributed by atoms with E-state index in [2.05, 4.69) is 24.9 Å². The Morgan fingerprint density at radius 3 is 2.74 bits per heavy atom. The Morgan fingerprint density at radius 2 is 2.05 bits per heavy atom. The third-order valence-electron chi connectivity index (χ3n) is 4.18.